The third-order valence-electron chi connectivity index (χ3n) is 4.97. The first-order valence-corrected chi connectivity index (χ1v) is 8.56. The van der Waals surface area contributed by atoms with Crippen LogP contribution in [0.25, 0.3) is 0 Å². The topological polar surface area (TPSA) is 35.2 Å². The quantitative estimate of drug-likeness (QED) is 0.868. The molecule has 0 aliphatic heterocycles. The fourth-order valence-electron chi connectivity index (χ4n) is 3.37. The van der Waals surface area contributed by atoms with Gasteiger partial charge in [-0.15, -0.1) is 0 Å². The summed E-state index contributed by atoms with van der Waals surface area (Å²) >= 11 is 0. The summed E-state index contributed by atoms with van der Waals surface area (Å²) in [4.78, 5) is 0. The fourth-order valence-corrected chi connectivity index (χ4v) is 3.37. The molecule has 0 radical (unpaired) electrons. The fraction of sp³-hybridized carbons (Fsp3) is 0.700. The van der Waals surface area contributed by atoms with Crippen LogP contribution < -0.4 is 10.5 Å². The van der Waals surface area contributed by atoms with Crippen molar-refractivity contribution in [3.8, 4) is 5.75 Å². The highest BCUT2D eigenvalue weighted by molar-refractivity contribution is 5.47. The van der Waals surface area contributed by atoms with Crippen molar-refractivity contribution in [2.75, 3.05) is 13.2 Å². The van der Waals surface area contributed by atoms with E-state index < -0.39 is 0 Å². The lowest BCUT2D eigenvalue weighted by Gasteiger charge is -2.41. The molecule has 0 bridgehead atoms. The second kappa shape index (κ2) is 5.88. The van der Waals surface area contributed by atoms with E-state index in [9.17, 15) is 0 Å². The summed E-state index contributed by atoms with van der Waals surface area (Å²) in [5.74, 6) is 1.04. The number of rotatable bonds is 4. The number of benzene rings is 1. The lowest BCUT2D eigenvalue weighted by atomic mass is 9.69. The molecule has 1 aliphatic carbocycles. The Morgan fingerprint density at radius 3 is 2.09 bits per heavy atom. The molecule has 0 amide bonds. The van der Waals surface area contributed by atoms with Crippen LogP contribution in [-0.2, 0) is 10.8 Å². The molecule has 1 aromatic rings. The van der Waals surface area contributed by atoms with Crippen molar-refractivity contribution in [2.45, 2.75) is 71.6 Å². The van der Waals surface area contributed by atoms with Crippen LogP contribution in [0.2, 0.25) is 0 Å². The first kappa shape index (κ1) is 17.3. The lowest BCUT2D eigenvalue weighted by Crippen LogP contribution is -2.42. The molecule has 1 fully saturated rings. The average Bonchev–Trinajstić information content (AvgIpc) is 2.35. The van der Waals surface area contributed by atoms with Crippen LogP contribution in [0.3, 0.4) is 0 Å². The molecular weight excluding hydrogens is 270 g/mol. The molecule has 1 saturated carbocycles. The Balaban J connectivity index is 2.35. The molecule has 2 N–H and O–H groups in total. The van der Waals surface area contributed by atoms with Gasteiger partial charge in [-0.2, -0.15) is 0 Å². The Morgan fingerprint density at radius 2 is 1.68 bits per heavy atom. The monoisotopic (exact) mass is 303 g/mol. The van der Waals surface area contributed by atoms with Crippen LogP contribution in [-0.4, -0.2) is 13.2 Å². The minimum Gasteiger partial charge on any atom is -0.493 e. The molecular formula is C20H33NO. The van der Waals surface area contributed by atoms with Gasteiger partial charge in [0.25, 0.3) is 0 Å². The van der Waals surface area contributed by atoms with E-state index in [4.69, 9.17) is 10.5 Å². The van der Waals surface area contributed by atoms with Crippen molar-refractivity contribution >= 4 is 0 Å². The minimum absolute atomic E-state index is 0.0642. The van der Waals surface area contributed by atoms with Crippen LogP contribution >= 0.6 is 0 Å². The molecule has 0 aromatic heterocycles. The van der Waals surface area contributed by atoms with Crippen molar-refractivity contribution in [3.05, 3.63) is 29.3 Å². The predicted octanol–water partition coefficient (Wildman–Crippen LogP) is 4.79. The van der Waals surface area contributed by atoms with Crippen LogP contribution in [0.1, 0.15) is 71.9 Å². The SMILES string of the molecule is CC(C)(C)c1cccc(OCC2(CN)CCC2)c1C(C)(C)C. The molecule has 2 rings (SSSR count). The third-order valence-corrected chi connectivity index (χ3v) is 4.97. The molecule has 0 heterocycles. The normalized spacial score (nSPS) is 18.0. The zero-order valence-corrected chi connectivity index (χ0v) is 15.3. The highest BCUT2D eigenvalue weighted by Gasteiger charge is 2.37. The molecule has 2 nitrogen and oxygen atoms in total. The number of ether oxygens (including phenoxy) is 1. The van der Waals surface area contributed by atoms with Crippen molar-refractivity contribution in [2.24, 2.45) is 11.1 Å². The number of hydrogen-bond donors (Lipinski definition) is 1. The molecule has 22 heavy (non-hydrogen) atoms. The van der Waals surface area contributed by atoms with E-state index in [1.54, 1.807) is 0 Å². The standard InChI is InChI=1S/C20H33NO/c1-18(2,3)15-9-7-10-16(17(15)19(4,5)6)22-14-20(13-21)11-8-12-20/h7,9-10H,8,11-14,21H2,1-6H3. The lowest BCUT2D eigenvalue weighted by molar-refractivity contribution is 0.0656. The first-order chi connectivity index (χ1) is 10.1. The van der Waals surface area contributed by atoms with E-state index in [-0.39, 0.29) is 16.2 Å². The molecule has 2 heteroatoms. The van der Waals surface area contributed by atoms with Crippen molar-refractivity contribution in [1.29, 1.82) is 0 Å². The molecule has 0 saturated heterocycles. The highest BCUT2D eigenvalue weighted by atomic mass is 16.5. The van der Waals surface area contributed by atoms with Gasteiger partial charge >= 0.3 is 0 Å². The Bertz CT molecular complexity index is 510. The van der Waals surface area contributed by atoms with Crippen LogP contribution in [0, 0.1) is 5.41 Å². The van der Waals surface area contributed by atoms with Gasteiger partial charge in [0.2, 0.25) is 0 Å². The number of hydrogen-bond acceptors (Lipinski definition) is 2. The van der Waals surface area contributed by atoms with Crippen molar-refractivity contribution in [1.82, 2.24) is 0 Å². The maximum absolute atomic E-state index is 6.32. The smallest absolute Gasteiger partial charge is 0.123 e. The second-order valence-corrected chi connectivity index (χ2v) is 9.03. The van der Waals surface area contributed by atoms with E-state index in [2.05, 4.69) is 59.7 Å². The first-order valence-electron chi connectivity index (χ1n) is 8.56. The van der Waals surface area contributed by atoms with Gasteiger partial charge in [-0.3, -0.25) is 0 Å². The van der Waals surface area contributed by atoms with Crippen LogP contribution in [0.5, 0.6) is 5.75 Å². The maximum atomic E-state index is 6.32. The summed E-state index contributed by atoms with van der Waals surface area (Å²) in [5, 5.41) is 0. The zero-order valence-electron chi connectivity index (χ0n) is 15.3. The van der Waals surface area contributed by atoms with Gasteiger partial charge in [-0.1, -0.05) is 60.1 Å². The molecule has 1 aliphatic rings. The number of nitrogens with two attached hydrogens (primary N) is 1. The second-order valence-electron chi connectivity index (χ2n) is 9.03. The summed E-state index contributed by atoms with van der Waals surface area (Å²) < 4.78 is 6.32. The zero-order chi connectivity index (χ0) is 16.6. The van der Waals surface area contributed by atoms with E-state index in [1.165, 1.54) is 30.4 Å². The minimum atomic E-state index is 0.0642. The Kier molecular flexibility index (Phi) is 4.64. The van der Waals surface area contributed by atoms with E-state index in [1.807, 2.05) is 0 Å². The summed E-state index contributed by atoms with van der Waals surface area (Å²) in [5.41, 5.74) is 9.09. The molecule has 0 atom stereocenters. The maximum Gasteiger partial charge on any atom is 0.123 e. The summed E-state index contributed by atoms with van der Waals surface area (Å²) in [6.07, 6.45) is 3.69. The predicted molar refractivity (Wildman–Crippen MR) is 94.7 cm³/mol. The summed E-state index contributed by atoms with van der Waals surface area (Å²) in [7, 11) is 0. The van der Waals surface area contributed by atoms with Gasteiger partial charge in [0.15, 0.2) is 0 Å². The van der Waals surface area contributed by atoms with E-state index in [0.29, 0.717) is 0 Å². The average molecular weight is 303 g/mol. The summed E-state index contributed by atoms with van der Waals surface area (Å²) in [6.45, 7) is 15.1. The van der Waals surface area contributed by atoms with Gasteiger partial charge in [0.05, 0.1) is 6.61 Å². The van der Waals surface area contributed by atoms with Crippen LogP contribution in [0.15, 0.2) is 18.2 Å². The van der Waals surface area contributed by atoms with Gasteiger partial charge in [0, 0.05) is 17.5 Å². The van der Waals surface area contributed by atoms with Crippen molar-refractivity contribution in [3.63, 3.8) is 0 Å². The molecule has 0 spiro atoms. The van der Waals surface area contributed by atoms with Gasteiger partial charge in [0.1, 0.15) is 5.75 Å². The van der Waals surface area contributed by atoms with Gasteiger partial charge in [-0.05, 0) is 35.3 Å². The van der Waals surface area contributed by atoms with Crippen molar-refractivity contribution < 1.29 is 4.74 Å². The Hall–Kier alpha value is -1.02. The Morgan fingerprint density at radius 1 is 1.05 bits per heavy atom. The van der Waals surface area contributed by atoms with E-state index in [0.717, 1.165) is 18.9 Å². The molecule has 1 aromatic carbocycles. The van der Waals surface area contributed by atoms with E-state index >= 15 is 0 Å². The van der Waals surface area contributed by atoms with Gasteiger partial charge < -0.3 is 10.5 Å². The summed E-state index contributed by atoms with van der Waals surface area (Å²) in [6, 6.07) is 6.50. The molecule has 0 unspecified atom stereocenters. The highest BCUT2D eigenvalue weighted by Crippen LogP contribution is 2.43. The largest absolute Gasteiger partial charge is 0.493 e. The van der Waals surface area contributed by atoms with Gasteiger partial charge in [-0.25, -0.2) is 0 Å². The third kappa shape index (κ3) is 3.48. The van der Waals surface area contributed by atoms with Crippen LogP contribution in [0.4, 0.5) is 0 Å². The molecule has 124 valence electrons. The Labute approximate surface area is 136 Å².